The Balaban J connectivity index is 1.68. The molecule has 0 bridgehead atoms. The van der Waals surface area contributed by atoms with Crippen LogP contribution in [0.15, 0.2) is 30.5 Å². The predicted octanol–water partition coefficient (Wildman–Crippen LogP) is 3.99. The quantitative estimate of drug-likeness (QED) is 0.548. The number of likely N-dealkylation sites (N-methyl/N-ethyl adjacent to an activating group) is 1. The van der Waals surface area contributed by atoms with E-state index in [9.17, 15) is 4.79 Å². The van der Waals surface area contributed by atoms with Gasteiger partial charge < -0.3 is 15.0 Å². The van der Waals surface area contributed by atoms with Gasteiger partial charge >= 0.3 is 0 Å². The summed E-state index contributed by atoms with van der Waals surface area (Å²) in [4.78, 5) is 19.6. The average Bonchev–Trinajstić information content (AvgIpc) is 3.18. The van der Waals surface area contributed by atoms with Crippen molar-refractivity contribution in [1.29, 1.82) is 0 Å². The summed E-state index contributed by atoms with van der Waals surface area (Å²) in [5, 5.41) is 8.67. The fraction of sp³-hybridized carbons (Fsp3) is 0.480. The third kappa shape index (κ3) is 4.93. The van der Waals surface area contributed by atoms with Crippen molar-refractivity contribution in [3.8, 4) is 5.75 Å². The van der Waals surface area contributed by atoms with Gasteiger partial charge in [0.15, 0.2) is 5.65 Å². The molecule has 0 fully saturated rings. The fourth-order valence-electron chi connectivity index (χ4n) is 4.19. The number of pyridine rings is 1. The molecule has 7 heteroatoms. The Morgan fingerprint density at radius 3 is 2.59 bits per heavy atom. The molecule has 0 aliphatic rings. The summed E-state index contributed by atoms with van der Waals surface area (Å²) in [6.07, 6.45) is 2.95. The molecule has 0 spiro atoms. The van der Waals surface area contributed by atoms with E-state index in [0.29, 0.717) is 19.4 Å². The zero-order valence-electron chi connectivity index (χ0n) is 20.3. The standard InChI is InChI=1S/C25H35N5O2/c1-16(2)30-25-21(14-27-30)17(3)19(18(4)28-25)12-13-24(31)26-15-22(29(5)6)20-10-8-9-11-23(20)32-7/h8-11,14,16,22H,12-13,15H2,1-7H3,(H,26,31). The molecule has 1 amide bonds. The number of para-hydroxylation sites is 1. The van der Waals surface area contributed by atoms with Crippen LogP contribution in [0.1, 0.15) is 54.7 Å². The molecular weight excluding hydrogens is 402 g/mol. The molecule has 0 radical (unpaired) electrons. The SMILES string of the molecule is COc1ccccc1C(CNC(=O)CCc1c(C)nc2c(cnn2C(C)C)c1C)N(C)C. The molecule has 32 heavy (non-hydrogen) atoms. The van der Waals surface area contributed by atoms with Gasteiger partial charge in [0.05, 0.1) is 19.3 Å². The monoisotopic (exact) mass is 437 g/mol. The summed E-state index contributed by atoms with van der Waals surface area (Å²) in [5.74, 6) is 0.858. The Morgan fingerprint density at radius 2 is 1.94 bits per heavy atom. The number of fused-ring (bicyclic) bond motifs is 1. The van der Waals surface area contributed by atoms with E-state index in [1.807, 2.05) is 56.2 Å². The van der Waals surface area contributed by atoms with Crippen LogP contribution in [0.3, 0.4) is 0 Å². The summed E-state index contributed by atoms with van der Waals surface area (Å²) in [7, 11) is 5.69. The Morgan fingerprint density at radius 1 is 1.22 bits per heavy atom. The van der Waals surface area contributed by atoms with Crippen molar-refractivity contribution < 1.29 is 9.53 Å². The molecule has 7 nitrogen and oxygen atoms in total. The molecule has 2 aromatic heterocycles. The molecule has 0 saturated heterocycles. The number of hydrogen-bond donors (Lipinski definition) is 1. The van der Waals surface area contributed by atoms with Crippen molar-refractivity contribution in [2.24, 2.45) is 0 Å². The lowest BCUT2D eigenvalue weighted by atomic mass is 10.00. The summed E-state index contributed by atoms with van der Waals surface area (Å²) >= 11 is 0. The first-order valence-corrected chi connectivity index (χ1v) is 11.1. The summed E-state index contributed by atoms with van der Waals surface area (Å²) < 4.78 is 7.46. The number of methoxy groups -OCH3 is 1. The third-order valence-electron chi connectivity index (χ3n) is 6.04. The van der Waals surface area contributed by atoms with Crippen molar-refractivity contribution in [3.05, 3.63) is 52.8 Å². The molecule has 3 aromatic rings. The zero-order chi connectivity index (χ0) is 23.4. The molecule has 0 saturated carbocycles. The highest BCUT2D eigenvalue weighted by Crippen LogP contribution is 2.28. The molecular formula is C25H35N5O2. The van der Waals surface area contributed by atoms with Gasteiger partial charge in [-0.15, -0.1) is 0 Å². The van der Waals surface area contributed by atoms with E-state index in [-0.39, 0.29) is 18.0 Å². The Hall–Kier alpha value is -2.93. The molecule has 0 aliphatic heterocycles. The highest BCUT2D eigenvalue weighted by molar-refractivity contribution is 5.81. The summed E-state index contributed by atoms with van der Waals surface area (Å²) in [6.45, 7) is 8.83. The first-order valence-electron chi connectivity index (χ1n) is 11.1. The van der Waals surface area contributed by atoms with Crippen LogP contribution in [-0.4, -0.2) is 53.3 Å². The van der Waals surface area contributed by atoms with Crippen LogP contribution in [0, 0.1) is 13.8 Å². The third-order valence-corrected chi connectivity index (χ3v) is 6.04. The molecule has 1 unspecified atom stereocenters. The van der Waals surface area contributed by atoms with Crippen LogP contribution in [-0.2, 0) is 11.2 Å². The predicted molar refractivity (Wildman–Crippen MR) is 128 cm³/mol. The van der Waals surface area contributed by atoms with Crippen molar-refractivity contribution >= 4 is 16.9 Å². The van der Waals surface area contributed by atoms with Crippen LogP contribution in [0.4, 0.5) is 0 Å². The van der Waals surface area contributed by atoms with Gasteiger partial charge in [0.25, 0.3) is 0 Å². The number of carbonyl (C=O) groups excluding carboxylic acids is 1. The van der Waals surface area contributed by atoms with Crippen LogP contribution in [0.2, 0.25) is 0 Å². The topological polar surface area (TPSA) is 72.3 Å². The normalized spacial score (nSPS) is 12.5. The second-order valence-corrected chi connectivity index (χ2v) is 8.75. The van der Waals surface area contributed by atoms with E-state index in [1.165, 1.54) is 0 Å². The van der Waals surface area contributed by atoms with Crippen LogP contribution < -0.4 is 10.1 Å². The maximum atomic E-state index is 12.7. The zero-order valence-corrected chi connectivity index (χ0v) is 20.3. The van der Waals surface area contributed by atoms with Crippen LogP contribution >= 0.6 is 0 Å². The van der Waals surface area contributed by atoms with Gasteiger partial charge in [-0.3, -0.25) is 4.79 Å². The largest absolute Gasteiger partial charge is 0.496 e. The number of carbonyl (C=O) groups is 1. The van der Waals surface area contributed by atoms with Crippen molar-refractivity contribution in [2.45, 2.75) is 52.6 Å². The number of nitrogens with zero attached hydrogens (tertiary/aromatic N) is 4. The van der Waals surface area contributed by atoms with Crippen LogP contribution in [0.25, 0.3) is 11.0 Å². The molecule has 1 atom stereocenters. The number of benzene rings is 1. The number of hydrogen-bond acceptors (Lipinski definition) is 5. The maximum Gasteiger partial charge on any atom is 0.220 e. The van der Waals surface area contributed by atoms with E-state index in [4.69, 9.17) is 9.72 Å². The van der Waals surface area contributed by atoms with Gasteiger partial charge in [-0.25, -0.2) is 9.67 Å². The number of amides is 1. The first kappa shape index (κ1) is 23.7. The van der Waals surface area contributed by atoms with Crippen LogP contribution in [0.5, 0.6) is 5.75 Å². The van der Waals surface area contributed by atoms with Gasteiger partial charge in [-0.2, -0.15) is 5.10 Å². The maximum absolute atomic E-state index is 12.7. The number of ether oxygens (including phenoxy) is 1. The molecule has 172 valence electrons. The summed E-state index contributed by atoms with van der Waals surface area (Å²) in [6, 6.07) is 8.21. The lowest BCUT2D eigenvalue weighted by Crippen LogP contribution is -2.34. The number of rotatable bonds is 9. The van der Waals surface area contributed by atoms with E-state index < -0.39 is 0 Å². The van der Waals surface area contributed by atoms with E-state index in [0.717, 1.165) is 39.2 Å². The highest BCUT2D eigenvalue weighted by Gasteiger charge is 2.20. The van der Waals surface area contributed by atoms with E-state index in [2.05, 4.69) is 36.1 Å². The summed E-state index contributed by atoms with van der Waals surface area (Å²) in [5.41, 5.74) is 5.22. The molecule has 1 N–H and O–H groups in total. The van der Waals surface area contributed by atoms with Gasteiger partial charge in [-0.05, 0) is 65.4 Å². The lowest BCUT2D eigenvalue weighted by Gasteiger charge is -2.26. The average molecular weight is 438 g/mol. The molecule has 1 aromatic carbocycles. The minimum absolute atomic E-state index is 0.0264. The van der Waals surface area contributed by atoms with Gasteiger partial charge in [0.2, 0.25) is 5.91 Å². The van der Waals surface area contributed by atoms with Gasteiger partial charge in [-0.1, -0.05) is 18.2 Å². The number of aryl methyl sites for hydroxylation is 2. The Labute approximate surface area is 190 Å². The second kappa shape index (κ2) is 10.1. The minimum Gasteiger partial charge on any atom is -0.496 e. The molecule has 2 heterocycles. The van der Waals surface area contributed by atoms with Crippen molar-refractivity contribution in [3.63, 3.8) is 0 Å². The van der Waals surface area contributed by atoms with E-state index in [1.54, 1.807) is 7.11 Å². The number of aromatic nitrogens is 3. The van der Waals surface area contributed by atoms with Crippen molar-refractivity contribution in [1.82, 2.24) is 25.0 Å². The smallest absolute Gasteiger partial charge is 0.220 e. The minimum atomic E-state index is 0.0264. The Kier molecular flexibility index (Phi) is 7.51. The molecule has 3 rings (SSSR count). The van der Waals surface area contributed by atoms with Crippen molar-refractivity contribution in [2.75, 3.05) is 27.7 Å². The van der Waals surface area contributed by atoms with E-state index >= 15 is 0 Å². The fourth-order valence-corrected chi connectivity index (χ4v) is 4.19. The lowest BCUT2D eigenvalue weighted by molar-refractivity contribution is -0.121. The van der Waals surface area contributed by atoms with Gasteiger partial charge in [0, 0.05) is 35.7 Å². The second-order valence-electron chi connectivity index (χ2n) is 8.75. The highest BCUT2D eigenvalue weighted by atomic mass is 16.5. The Bertz CT molecular complexity index is 1090. The van der Waals surface area contributed by atoms with Gasteiger partial charge in [0.1, 0.15) is 5.75 Å². The molecule has 0 aliphatic carbocycles. The number of nitrogens with one attached hydrogen (secondary N) is 1. The first-order chi connectivity index (χ1) is 15.2.